The molecule has 0 spiro atoms. The minimum absolute atomic E-state index is 0.0822. The summed E-state index contributed by atoms with van der Waals surface area (Å²) in [6, 6.07) is 16.3. The summed E-state index contributed by atoms with van der Waals surface area (Å²) in [7, 11) is 0. The fraction of sp³-hybridized carbons (Fsp3) is 0.0952. The molecule has 1 N–H and O–H groups in total. The Morgan fingerprint density at radius 3 is 2.64 bits per heavy atom. The number of hydrogen-bond donors (Lipinski definition) is 1. The minimum Gasteiger partial charge on any atom is -0.321 e. The number of rotatable bonds is 3. The molecule has 0 saturated carbocycles. The molecule has 3 aromatic rings. The molecule has 0 bridgehead atoms. The number of para-hydroxylation sites is 1. The summed E-state index contributed by atoms with van der Waals surface area (Å²) < 4.78 is 13.3. The summed E-state index contributed by atoms with van der Waals surface area (Å²) in [4.78, 5) is 31.2. The van der Waals surface area contributed by atoms with Crippen LogP contribution in [0.3, 0.4) is 0 Å². The number of nitrogens with one attached hydrogen (secondary N) is 1. The van der Waals surface area contributed by atoms with Gasteiger partial charge in [0.25, 0.3) is 11.8 Å². The van der Waals surface area contributed by atoms with E-state index in [2.05, 4.69) is 10.3 Å². The van der Waals surface area contributed by atoms with E-state index < -0.39 is 11.7 Å². The van der Waals surface area contributed by atoms with Crippen molar-refractivity contribution in [1.29, 1.82) is 0 Å². The molecule has 0 saturated heterocycles. The third-order valence-electron chi connectivity index (χ3n) is 4.51. The second-order valence-electron chi connectivity index (χ2n) is 6.33. The molecule has 0 aliphatic carbocycles. The largest absolute Gasteiger partial charge is 0.321 e. The van der Waals surface area contributed by atoms with Crippen LogP contribution in [0.4, 0.5) is 15.8 Å². The lowest BCUT2D eigenvalue weighted by molar-refractivity contribution is 0.0984. The number of pyridine rings is 1. The van der Waals surface area contributed by atoms with E-state index in [-0.39, 0.29) is 22.3 Å². The van der Waals surface area contributed by atoms with Gasteiger partial charge in [-0.3, -0.25) is 9.59 Å². The van der Waals surface area contributed by atoms with Gasteiger partial charge in [0.1, 0.15) is 17.2 Å². The first-order valence-corrected chi connectivity index (χ1v) is 9.04. The maximum absolute atomic E-state index is 13.3. The summed E-state index contributed by atoms with van der Waals surface area (Å²) in [6.07, 6.45) is 0.785. The zero-order chi connectivity index (χ0) is 19.7. The van der Waals surface area contributed by atoms with Gasteiger partial charge in [-0.1, -0.05) is 35.9 Å². The number of amides is 2. The fourth-order valence-electron chi connectivity index (χ4n) is 3.14. The summed E-state index contributed by atoms with van der Waals surface area (Å²) in [5.41, 5.74) is 2.58. The van der Waals surface area contributed by atoms with Crippen molar-refractivity contribution < 1.29 is 14.0 Å². The standard InChI is InChI=1S/C21H15ClFN3O2/c22-15-12-14(8-9-16(15)23)24-20(27)17-5-3-6-18(25-17)21(28)26-11-10-13-4-1-2-7-19(13)26/h1-9,12H,10-11H2,(H,24,27). The third-order valence-corrected chi connectivity index (χ3v) is 4.80. The van der Waals surface area contributed by atoms with Gasteiger partial charge in [0.2, 0.25) is 0 Å². The molecule has 7 heteroatoms. The molecule has 0 atom stereocenters. The van der Waals surface area contributed by atoms with Crippen LogP contribution >= 0.6 is 11.6 Å². The maximum Gasteiger partial charge on any atom is 0.276 e. The van der Waals surface area contributed by atoms with Gasteiger partial charge < -0.3 is 10.2 Å². The molecular weight excluding hydrogens is 381 g/mol. The quantitative estimate of drug-likeness (QED) is 0.718. The average Bonchev–Trinajstić information content (AvgIpc) is 3.14. The summed E-state index contributed by atoms with van der Waals surface area (Å²) in [5, 5.41) is 2.51. The van der Waals surface area contributed by atoms with Gasteiger partial charge >= 0.3 is 0 Å². The molecule has 140 valence electrons. The Morgan fingerprint density at radius 1 is 1.04 bits per heavy atom. The number of halogens is 2. The molecule has 28 heavy (non-hydrogen) atoms. The number of hydrogen-bond acceptors (Lipinski definition) is 3. The van der Waals surface area contributed by atoms with E-state index in [0.29, 0.717) is 12.2 Å². The number of benzene rings is 2. The van der Waals surface area contributed by atoms with Crippen LogP contribution < -0.4 is 10.2 Å². The Morgan fingerprint density at radius 2 is 1.82 bits per heavy atom. The molecular formula is C21H15ClFN3O2. The van der Waals surface area contributed by atoms with E-state index in [0.717, 1.165) is 23.7 Å². The third kappa shape index (κ3) is 3.46. The van der Waals surface area contributed by atoms with Crippen molar-refractivity contribution >= 4 is 34.8 Å². The number of fused-ring (bicyclic) bond motifs is 1. The van der Waals surface area contributed by atoms with Crippen LogP contribution in [0.1, 0.15) is 26.5 Å². The second-order valence-corrected chi connectivity index (χ2v) is 6.73. The van der Waals surface area contributed by atoms with Gasteiger partial charge in [-0.25, -0.2) is 9.37 Å². The molecule has 2 amide bonds. The van der Waals surface area contributed by atoms with Crippen LogP contribution in [-0.2, 0) is 6.42 Å². The van der Waals surface area contributed by atoms with E-state index in [1.54, 1.807) is 17.0 Å². The zero-order valence-electron chi connectivity index (χ0n) is 14.7. The summed E-state index contributed by atoms with van der Waals surface area (Å²) in [5.74, 6) is -1.35. The number of carbonyl (C=O) groups excluding carboxylic acids is 2. The number of aromatic nitrogens is 1. The molecule has 4 rings (SSSR count). The van der Waals surface area contributed by atoms with Crippen molar-refractivity contribution in [3.05, 3.63) is 88.5 Å². The Balaban J connectivity index is 1.55. The highest BCUT2D eigenvalue weighted by Crippen LogP contribution is 2.28. The molecule has 1 aromatic heterocycles. The summed E-state index contributed by atoms with van der Waals surface area (Å²) in [6.45, 7) is 0.574. The van der Waals surface area contributed by atoms with Crippen molar-refractivity contribution in [1.82, 2.24) is 4.98 Å². The molecule has 1 aliphatic rings. The van der Waals surface area contributed by atoms with E-state index in [1.165, 1.54) is 18.2 Å². The van der Waals surface area contributed by atoms with Gasteiger partial charge in [0.15, 0.2) is 0 Å². The van der Waals surface area contributed by atoms with Crippen molar-refractivity contribution in [2.45, 2.75) is 6.42 Å². The molecule has 0 fully saturated rings. The predicted molar refractivity (Wildman–Crippen MR) is 105 cm³/mol. The van der Waals surface area contributed by atoms with E-state index in [4.69, 9.17) is 11.6 Å². The predicted octanol–water partition coefficient (Wildman–Crippen LogP) is 4.33. The van der Waals surface area contributed by atoms with Crippen molar-refractivity contribution in [3.63, 3.8) is 0 Å². The minimum atomic E-state index is -0.573. The van der Waals surface area contributed by atoms with Crippen LogP contribution in [0.5, 0.6) is 0 Å². The zero-order valence-corrected chi connectivity index (χ0v) is 15.4. The van der Waals surface area contributed by atoms with Crippen LogP contribution in [0.25, 0.3) is 0 Å². The van der Waals surface area contributed by atoms with Crippen molar-refractivity contribution in [2.24, 2.45) is 0 Å². The molecule has 0 unspecified atom stereocenters. The Kier molecular flexibility index (Phi) is 4.79. The van der Waals surface area contributed by atoms with Crippen molar-refractivity contribution in [3.8, 4) is 0 Å². The number of nitrogens with zero attached hydrogens (tertiary/aromatic N) is 2. The molecule has 1 aliphatic heterocycles. The molecule has 2 aromatic carbocycles. The van der Waals surface area contributed by atoms with Crippen LogP contribution in [-0.4, -0.2) is 23.3 Å². The molecule has 5 nitrogen and oxygen atoms in total. The second kappa shape index (κ2) is 7.40. The lowest BCUT2D eigenvalue weighted by Gasteiger charge is -2.17. The fourth-order valence-corrected chi connectivity index (χ4v) is 3.32. The summed E-state index contributed by atoms with van der Waals surface area (Å²) >= 11 is 5.73. The van der Waals surface area contributed by atoms with Crippen molar-refractivity contribution in [2.75, 3.05) is 16.8 Å². The SMILES string of the molecule is O=C(Nc1ccc(F)c(Cl)c1)c1cccc(C(=O)N2CCc3ccccc32)n1. The highest BCUT2D eigenvalue weighted by atomic mass is 35.5. The smallest absolute Gasteiger partial charge is 0.276 e. The van der Waals surface area contributed by atoms with Crippen LogP contribution in [0.15, 0.2) is 60.7 Å². The van der Waals surface area contributed by atoms with Gasteiger partial charge in [0.05, 0.1) is 5.02 Å². The normalized spacial score (nSPS) is 12.6. The lowest BCUT2D eigenvalue weighted by atomic mass is 10.2. The Labute approximate surface area is 165 Å². The van der Waals surface area contributed by atoms with E-state index in [9.17, 15) is 14.0 Å². The first kappa shape index (κ1) is 18.1. The van der Waals surface area contributed by atoms with Gasteiger partial charge in [0, 0.05) is 17.9 Å². The Hall–Kier alpha value is -3.25. The Bertz CT molecular complexity index is 1090. The first-order valence-electron chi connectivity index (χ1n) is 8.66. The van der Waals surface area contributed by atoms with Gasteiger partial charge in [-0.05, 0) is 48.4 Å². The van der Waals surface area contributed by atoms with Gasteiger partial charge in [-0.2, -0.15) is 0 Å². The first-order chi connectivity index (χ1) is 13.5. The number of anilines is 2. The number of carbonyl (C=O) groups is 2. The van der Waals surface area contributed by atoms with Crippen LogP contribution in [0, 0.1) is 5.82 Å². The van der Waals surface area contributed by atoms with E-state index in [1.807, 2.05) is 24.3 Å². The molecule has 2 heterocycles. The molecule has 0 radical (unpaired) electrons. The topological polar surface area (TPSA) is 62.3 Å². The maximum atomic E-state index is 13.3. The average molecular weight is 396 g/mol. The van der Waals surface area contributed by atoms with Gasteiger partial charge in [-0.15, -0.1) is 0 Å². The highest BCUT2D eigenvalue weighted by molar-refractivity contribution is 6.31. The lowest BCUT2D eigenvalue weighted by Crippen LogP contribution is -2.30. The van der Waals surface area contributed by atoms with E-state index >= 15 is 0 Å². The highest BCUT2D eigenvalue weighted by Gasteiger charge is 2.26. The monoisotopic (exact) mass is 395 g/mol. The van der Waals surface area contributed by atoms with Crippen LogP contribution in [0.2, 0.25) is 5.02 Å².